The van der Waals surface area contributed by atoms with Gasteiger partial charge in [0.1, 0.15) is 4.90 Å². The number of hydrogen-bond donors (Lipinski definition) is 2. The molecule has 9 heteroatoms. The van der Waals surface area contributed by atoms with Crippen LogP contribution in [0.1, 0.15) is 36.5 Å². The standard InChI is InChI=1S/C14H21ClN2O4S.ClH/c1-3-4-5-11(9-16)17-22(19,20)13-7-6-10(8-12(13)15)14(18)21-2;/h6-8,11,17H,3-5,9,16H2,1-2H3;1H. The van der Waals surface area contributed by atoms with E-state index in [2.05, 4.69) is 9.46 Å². The van der Waals surface area contributed by atoms with Gasteiger partial charge < -0.3 is 10.5 Å². The van der Waals surface area contributed by atoms with Crippen molar-refractivity contribution in [3.8, 4) is 0 Å². The first-order valence-electron chi connectivity index (χ1n) is 6.96. The summed E-state index contributed by atoms with van der Waals surface area (Å²) in [7, 11) is -2.56. The lowest BCUT2D eigenvalue weighted by molar-refractivity contribution is 0.0600. The Morgan fingerprint density at radius 3 is 2.57 bits per heavy atom. The second kappa shape index (κ2) is 10.1. The number of carbonyl (C=O) groups is 1. The molecule has 1 unspecified atom stereocenters. The van der Waals surface area contributed by atoms with Gasteiger partial charge in [-0.3, -0.25) is 0 Å². The van der Waals surface area contributed by atoms with E-state index in [1.54, 1.807) is 0 Å². The van der Waals surface area contributed by atoms with Gasteiger partial charge in [-0.05, 0) is 24.6 Å². The van der Waals surface area contributed by atoms with Gasteiger partial charge >= 0.3 is 5.97 Å². The van der Waals surface area contributed by atoms with Crippen LogP contribution in [0.4, 0.5) is 0 Å². The van der Waals surface area contributed by atoms with Gasteiger partial charge in [0.05, 0.1) is 17.7 Å². The van der Waals surface area contributed by atoms with Gasteiger partial charge in [-0.2, -0.15) is 0 Å². The lowest BCUT2D eigenvalue weighted by Gasteiger charge is -2.17. The molecule has 0 aliphatic rings. The molecule has 0 aromatic heterocycles. The predicted molar refractivity (Wildman–Crippen MR) is 92.7 cm³/mol. The largest absolute Gasteiger partial charge is 0.465 e. The van der Waals surface area contributed by atoms with Gasteiger partial charge in [0.25, 0.3) is 0 Å². The second-order valence-electron chi connectivity index (χ2n) is 4.83. The average Bonchev–Trinajstić information content (AvgIpc) is 2.50. The number of unbranched alkanes of at least 4 members (excludes halogenated alkanes) is 1. The summed E-state index contributed by atoms with van der Waals surface area (Å²) in [4.78, 5) is 11.3. The van der Waals surface area contributed by atoms with Crippen molar-refractivity contribution >= 4 is 40.0 Å². The van der Waals surface area contributed by atoms with Gasteiger partial charge in [0.15, 0.2) is 0 Å². The number of hydrogen-bond acceptors (Lipinski definition) is 5. The number of esters is 1. The summed E-state index contributed by atoms with van der Waals surface area (Å²) in [6, 6.07) is 3.56. The minimum atomic E-state index is -3.80. The van der Waals surface area contributed by atoms with Crippen molar-refractivity contribution < 1.29 is 17.9 Å². The first kappa shape index (κ1) is 22.1. The highest BCUT2D eigenvalue weighted by molar-refractivity contribution is 7.89. The number of sulfonamides is 1. The molecule has 1 aromatic rings. The molecule has 0 amide bonds. The van der Waals surface area contributed by atoms with Gasteiger partial charge in [-0.15, -0.1) is 12.4 Å². The van der Waals surface area contributed by atoms with Gasteiger partial charge in [-0.1, -0.05) is 31.4 Å². The van der Waals surface area contributed by atoms with Crippen LogP contribution in [0.2, 0.25) is 5.02 Å². The molecule has 0 radical (unpaired) electrons. The lowest BCUT2D eigenvalue weighted by Crippen LogP contribution is -2.40. The third kappa shape index (κ3) is 6.27. The number of carbonyl (C=O) groups excluding carboxylic acids is 1. The second-order valence-corrected chi connectivity index (χ2v) is 6.92. The average molecular weight is 385 g/mol. The third-order valence-corrected chi connectivity index (χ3v) is 5.16. The van der Waals surface area contributed by atoms with E-state index in [4.69, 9.17) is 17.3 Å². The number of benzene rings is 1. The molecule has 1 atom stereocenters. The van der Waals surface area contributed by atoms with Crippen molar-refractivity contribution in [3.63, 3.8) is 0 Å². The molecular formula is C14H22Cl2N2O4S. The number of rotatable bonds is 8. The van der Waals surface area contributed by atoms with Gasteiger partial charge in [0.2, 0.25) is 10.0 Å². The van der Waals surface area contributed by atoms with Crippen LogP contribution in [0, 0.1) is 0 Å². The van der Waals surface area contributed by atoms with Crippen LogP contribution in [0.15, 0.2) is 23.1 Å². The summed E-state index contributed by atoms with van der Waals surface area (Å²) in [6.07, 6.45) is 2.48. The van der Waals surface area contributed by atoms with Gasteiger partial charge in [0, 0.05) is 12.6 Å². The minimum absolute atomic E-state index is 0. The zero-order valence-electron chi connectivity index (χ0n) is 13.0. The Labute approximate surface area is 148 Å². The van der Waals surface area contributed by atoms with E-state index in [1.165, 1.54) is 25.3 Å². The fourth-order valence-corrected chi connectivity index (χ4v) is 3.75. The number of methoxy groups -OCH3 is 1. The molecule has 23 heavy (non-hydrogen) atoms. The molecule has 132 valence electrons. The zero-order valence-corrected chi connectivity index (χ0v) is 15.4. The highest BCUT2D eigenvalue weighted by atomic mass is 35.5. The molecule has 0 bridgehead atoms. The van der Waals surface area contributed by atoms with E-state index in [0.717, 1.165) is 12.8 Å². The molecule has 0 fully saturated rings. The maximum Gasteiger partial charge on any atom is 0.337 e. The SMILES string of the molecule is CCCCC(CN)NS(=O)(=O)c1ccc(C(=O)OC)cc1Cl.Cl. The zero-order chi connectivity index (χ0) is 16.8. The number of halogens is 2. The predicted octanol–water partition coefficient (Wildman–Crippen LogP) is 2.34. The molecule has 3 N–H and O–H groups in total. The molecule has 6 nitrogen and oxygen atoms in total. The van der Waals surface area contributed by atoms with E-state index in [9.17, 15) is 13.2 Å². The first-order chi connectivity index (χ1) is 10.4. The fourth-order valence-electron chi connectivity index (χ4n) is 1.92. The van der Waals surface area contributed by atoms with Crippen LogP contribution >= 0.6 is 24.0 Å². The number of nitrogens with two attached hydrogens (primary N) is 1. The van der Waals surface area contributed by atoms with Crippen molar-refractivity contribution in [3.05, 3.63) is 28.8 Å². The summed E-state index contributed by atoms with van der Waals surface area (Å²) < 4.78 is 31.8. The number of nitrogens with one attached hydrogen (secondary N) is 1. The van der Waals surface area contributed by atoms with Crippen LogP contribution in [-0.4, -0.2) is 34.1 Å². The summed E-state index contributed by atoms with van der Waals surface area (Å²) in [5, 5.41) is -0.0401. The van der Waals surface area contributed by atoms with Crippen molar-refractivity contribution in [1.29, 1.82) is 0 Å². The summed E-state index contributed by atoms with van der Waals surface area (Å²) >= 11 is 5.99. The molecule has 1 aromatic carbocycles. The normalized spacial score (nSPS) is 12.3. The van der Waals surface area contributed by atoms with Crippen LogP contribution in [0.25, 0.3) is 0 Å². The Morgan fingerprint density at radius 2 is 2.09 bits per heavy atom. The summed E-state index contributed by atoms with van der Waals surface area (Å²) in [5.41, 5.74) is 5.79. The molecule has 0 heterocycles. The molecule has 0 saturated carbocycles. The lowest BCUT2D eigenvalue weighted by atomic mass is 10.1. The van der Waals surface area contributed by atoms with Crippen LogP contribution in [0.3, 0.4) is 0 Å². The van der Waals surface area contributed by atoms with Crippen LogP contribution in [0.5, 0.6) is 0 Å². The summed E-state index contributed by atoms with van der Waals surface area (Å²) in [6.45, 7) is 2.22. The van der Waals surface area contributed by atoms with E-state index in [-0.39, 0.29) is 40.5 Å². The van der Waals surface area contributed by atoms with Crippen LogP contribution in [-0.2, 0) is 14.8 Å². The van der Waals surface area contributed by atoms with E-state index in [0.29, 0.717) is 6.42 Å². The third-order valence-electron chi connectivity index (χ3n) is 3.15. The Balaban J connectivity index is 0.00000484. The molecule has 0 aliphatic carbocycles. The Bertz CT molecular complexity index is 623. The van der Waals surface area contributed by atoms with E-state index >= 15 is 0 Å². The first-order valence-corrected chi connectivity index (χ1v) is 8.82. The maximum absolute atomic E-state index is 12.4. The fraction of sp³-hybridized carbons (Fsp3) is 0.500. The molecule has 1 rings (SSSR count). The minimum Gasteiger partial charge on any atom is -0.465 e. The Hall–Kier alpha value is -0.860. The van der Waals surface area contributed by atoms with Crippen molar-refractivity contribution in [2.75, 3.05) is 13.7 Å². The summed E-state index contributed by atoms with van der Waals surface area (Å²) in [5.74, 6) is -0.582. The Morgan fingerprint density at radius 1 is 1.43 bits per heavy atom. The quantitative estimate of drug-likeness (QED) is 0.670. The highest BCUT2D eigenvalue weighted by Crippen LogP contribution is 2.23. The molecular weight excluding hydrogens is 363 g/mol. The molecule has 0 saturated heterocycles. The van der Waals surface area contributed by atoms with E-state index in [1.807, 2.05) is 6.92 Å². The maximum atomic E-state index is 12.4. The highest BCUT2D eigenvalue weighted by Gasteiger charge is 2.22. The smallest absolute Gasteiger partial charge is 0.337 e. The molecule has 0 aliphatic heterocycles. The Kier molecular flexibility index (Phi) is 9.72. The van der Waals surface area contributed by atoms with Crippen molar-refractivity contribution in [2.24, 2.45) is 5.73 Å². The van der Waals surface area contributed by atoms with E-state index < -0.39 is 16.0 Å². The van der Waals surface area contributed by atoms with Crippen LogP contribution < -0.4 is 10.5 Å². The molecule has 0 spiro atoms. The monoisotopic (exact) mass is 384 g/mol. The van der Waals surface area contributed by atoms with Crippen molar-refractivity contribution in [2.45, 2.75) is 37.1 Å². The van der Waals surface area contributed by atoms with Gasteiger partial charge in [-0.25, -0.2) is 17.9 Å². The topological polar surface area (TPSA) is 98.5 Å². The number of ether oxygens (including phenoxy) is 1. The van der Waals surface area contributed by atoms with Crippen molar-refractivity contribution in [1.82, 2.24) is 4.72 Å².